The predicted molar refractivity (Wildman–Crippen MR) is 46.7 cm³/mol. The first-order valence-corrected chi connectivity index (χ1v) is 5.83. The highest BCUT2D eigenvalue weighted by atomic mass is 32.2. The third kappa shape index (κ3) is 1.87. The summed E-state index contributed by atoms with van der Waals surface area (Å²) in [5.41, 5.74) is 0. The van der Waals surface area contributed by atoms with Gasteiger partial charge in [-0.3, -0.25) is 4.79 Å². The lowest BCUT2D eigenvalue weighted by Crippen LogP contribution is -2.42. The van der Waals surface area contributed by atoms with Crippen molar-refractivity contribution >= 4 is 21.9 Å². The number of amides is 1. The summed E-state index contributed by atoms with van der Waals surface area (Å²) in [6.45, 7) is 0. The average Bonchev–Trinajstić information content (AvgIpc) is 2.44. The van der Waals surface area contributed by atoms with E-state index in [4.69, 9.17) is 0 Å². The fourth-order valence-electron chi connectivity index (χ4n) is 1.43. The number of hydrogen-bond donors (Lipinski definition) is 0. The van der Waals surface area contributed by atoms with Gasteiger partial charge in [0.05, 0.1) is 13.4 Å². The highest BCUT2D eigenvalue weighted by Crippen LogP contribution is 2.22. The molecule has 0 saturated carbocycles. The third-order valence-corrected chi connectivity index (χ3v) is 3.16. The molecule has 0 bridgehead atoms. The highest BCUT2D eigenvalue weighted by molar-refractivity contribution is 7.89. The number of methoxy groups -OCH3 is 1. The van der Waals surface area contributed by atoms with Gasteiger partial charge < -0.3 is 4.74 Å². The first-order chi connectivity index (χ1) is 6.38. The van der Waals surface area contributed by atoms with E-state index in [1.54, 1.807) is 0 Å². The summed E-state index contributed by atoms with van der Waals surface area (Å²) >= 11 is 0. The van der Waals surface area contributed by atoms with Gasteiger partial charge in [-0.05, 0) is 6.42 Å². The molecule has 0 aromatic rings. The summed E-state index contributed by atoms with van der Waals surface area (Å²) in [6.07, 6.45) is 1.15. The van der Waals surface area contributed by atoms with Gasteiger partial charge >= 0.3 is 5.97 Å². The second-order valence-corrected chi connectivity index (χ2v) is 4.89. The molecule has 1 unspecified atom stereocenters. The van der Waals surface area contributed by atoms with Crippen LogP contribution in [0, 0.1) is 0 Å². The largest absolute Gasteiger partial charge is 0.467 e. The van der Waals surface area contributed by atoms with Crippen molar-refractivity contribution in [3.63, 3.8) is 0 Å². The van der Waals surface area contributed by atoms with E-state index >= 15 is 0 Å². The highest BCUT2D eigenvalue weighted by Gasteiger charge is 2.42. The molecule has 0 aromatic heterocycles. The quantitative estimate of drug-likeness (QED) is 0.565. The molecule has 7 heteroatoms. The first-order valence-electron chi connectivity index (χ1n) is 3.98. The third-order valence-electron chi connectivity index (χ3n) is 1.99. The molecule has 1 atom stereocenters. The van der Waals surface area contributed by atoms with Gasteiger partial charge in [0.2, 0.25) is 15.9 Å². The smallest absolute Gasteiger partial charge is 0.329 e. The topological polar surface area (TPSA) is 80.8 Å². The lowest BCUT2D eigenvalue weighted by molar-refractivity contribution is -0.146. The Labute approximate surface area is 81.9 Å². The van der Waals surface area contributed by atoms with Gasteiger partial charge in [0.15, 0.2) is 0 Å². The van der Waals surface area contributed by atoms with Crippen molar-refractivity contribution in [2.24, 2.45) is 0 Å². The van der Waals surface area contributed by atoms with Gasteiger partial charge in [-0.25, -0.2) is 17.5 Å². The van der Waals surface area contributed by atoms with Crippen molar-refractivity contribution in [1.82, 2.24) is 4.31 Å². The van der Waals surface area contributed by atoms with E-state index in [0.717, 1.165) is 13.4 Å². The van der Waals surface area contributed by atoms with Crippen LogP contribution in [-0.4, -0.2) is 44.0 Å². The molecule has 1 fully saturated rings. The minimum absolute atomic E-state index is 0.0623. The standard InChI is InChI=1S/C7H11NO5S/c1-13-7(10)5-3-4-6(9)8(5)14(2,11)12/h5H,3-4H2,1-2H3. The van der Waals surface area contributed by atoms with Crippen LogP contribution in [-0.2, 0) is 24.3 Å². The number of sulfonamides is 1. The van der Waals surface area contributed by atoms with Crippen LogP contribution in [0.4, 0.5) is 0 Å². The van der Waals surface area contributed by atoms with Gasteiger partial charge in [0.1, 0.15) is 6.04 Å². The summed E-state index contributed by atoms with van der Waals surface area (Å²) in [5, 5.41) is 0. The molecule has 0 aromatic carbocycles. The van der Waals surface area contributed by atoms with Crippen LogP contribution >= 0.6 is 0 Å². The zero-order valence-electron chi connectivity index (χ0n) is 7.89. The zero-order valence-corrected chi connectivity index (χ0v) is 8.70. The van der Waals surface area contributed by atoms with E-state index in [9.17, 15) is 18.0 Å². The van der Waals surface area contributed by atoms with Gasteiger partial charge in [0.25, 0.3) is 0 Å². The van der Waals surface area contributed by atoms with Crippen molar-refractivity contribution < 1.29 is 22.7 Å². The van der Waals surface area contributed by atoms with Crippen molar-refractivity contribution in [2.75, 3.05) is 13.4 Å². The van der Waals surface area contributed by atoms with Crippen molar-refractivity contribution in [2.45, 2.75) is 18.9 Å². The Morgan fingerprint density at radius 2 is 2.14 bits per heavy atom. The first kappa shape index (κ1) is 11.0. The molecule has 80 valence electrons. The molecular formula is C7H11NO5S. The van der Waals surface area contributed by atoms with Gasteiger partial charge in [-0.15, -0.1) is 0 Å². The van der Waals surface area contributed by atoms with Crippen LogP contribution in [0.2, 0.25) is 0 Å². The van der Waals surface area contributed by atoms with E-state index in [1.807, 2.05) is 0 Å². The molecule has 0 spiro atoms. The molecule has 1 amide bonds. The van der Waals surface area contributed by atoms with E-state index in [2.05, 4.69) is 4.74 Å². The van der Waals surface area contributed by atoms with Gasteiger partial charge in [0, 0.05) is 6.42 Å². The lowest BCUT2D eigenvalue weighted by Gasteiger charge is -2.19. The molecule has 1 heterocycles. The normalized spacial score (nSPS) is 22.6. The second-order valence-electron chi connectivity index (χ2n) is 3.03. The molecule has 0 radical (unpaired) electrons. The van der Waals surface area contributed by atoms with E-state index in [0.29, 0.717) is 4.31 Å². The van der Waals surface area contributed by atoms with E-state index < -0.39 is 27.9 Å². The summed E-state index contributed by atoms with van der Waals surface area (Å²) in [6, 6.07) is -0.984. The number of esters is 1. The minimum Gasteiger partial charge on any atom is -0.467 e. The molecule has 0 N–H and O–H groups in total. The maximum Gasteiger partial charge on any atom is 0.329 e. The number of rotatable bonds is 2. The van der Waals surface area contributed by atoms with Gasteiger partial charge in [-0.1, -0.05) is 0 Å². The second kappa shape index (κ2) is 3.56. The van der Waals surface area contributed by atoms with Crippen LogP contribution < -0.4 is 0 Å². The van der Waals surface area contributed by atoms with E-state index in [1.165, 1.54) is 0 Å². The predicted octanol–water partition coefficient (Wildman–Crippen LogP) is -0.890. The number of carbonyl (C=O) groups excluding carboxylic acids is 2. The number of hydrogen-bond acceptors (Lipinski definition) is 5. The Balaban J connectivity index is 3.00. The molecule has 1 rings (SSSR count). The maximum atomic E-state index is 11.2. The molecule has 1 aliphatic rings. The van der Waals surface area contributed by atoms with Gasteiger partial charge in [-0.2, -0.15) is 0 Å². The molecule has 1 aliphatic heterocycles. The van der Waals surface area contributed by atoms with Crippen molar-refractivity contribution in [1.29, 1.82) is 0 Å². The monoisotopic (exact) mass is 221 g/mol. The summed E-state index contributed by atoms with van der Waals surface area (Å²) in [4.78, 5) is 22.3. The number of nitrogens with zero attached hydrogens (tertiary/aromatic N) is 1. The number of ether oxygens (including phenoxy) is 1. The Hall–Kier alpha value is -1.11. The fraction of sp³-hybridized carbons (Fsp3) is 0.714. The average molecular weight is 221 g/mol. The summed E-state index contributed by atoms with van der Waals surface area (Å²) in [5.74, 6) is -1.25. The van der Waals surface area contributed by atoms with Crippen LogP contribution in [0.1, 0.15) is 12.8 Å². The van der Waals surface area contributed by atoms with Crippen molar-refractivity contribution in [3.8, 4) is 0 Å². The Kier molecular flexibility index (Phi) is 2.79. The lowest BCUT2D eigenvalue weighted by atomic mass is 10.2. The molecule has 6 nitrogen and oxygen atoms in total. The van der Waals surface area contributed by atoms with Crippen LogP contribution in [0.3, 0.4) is 0 Å². The molecule has 14 heavy (non-hydrogen) atoms. The molecular weight excluding hydrogens is 210 g/mol. The summed E-state index contributed by atoms with van der Waals surface area (Å²) < 4.78 is 27.4. The van der Waals surface area contributed by atoms with Crippen molar-refractivity contribution in [3.05, 3.63) is 0 Å². The van der Waals surface area contributed by atoms with Crippen LogP contribution in [0.5, 0.6) is 0 Å². The maximum absolute atomic E-state index is 11.2. The van der Waals surface area contributed by atoms with Crippen LogP contribution in [0.25, 0.3) is 0 Å². The Morgan fingerprint density at radius 3 is 2.57 bits per heavy atom. The van der Waals surface area contributed by atoms with Crippen LogP contribution in [0.15, 0.2) is 0 Å². The SMILES string of the molecule is COC(=O)C1CCC(=O)N1S(C)(=O)=O. The summed E-state index contributed by atoms with van der Waals surface area (Å²) in [7, 11) is -2.51. The molecule has 1 saturated heterocycles. The Bertz CT molecular complexity index is 360. The molecule has 0 aliphatic carbocycles. The zero-order chi connectivity index (χ0) is 10.9. The Morgan fingerprint density at radius 1 is 1.57 bits per heavy atom. The fourth-order valence-corrected chi connectivity index (χ4v) is 2.54. The van der Waals surface area contributed by atoms with E-state index in [-0.39, 0.29) is 12.8 Å². The number of carbonyl (C=O) groups is 2. The minimum atomic E-state index is -3.67.